The summed E-state index contributed by atoms with van der Waals surface area (Å²) in [5.41, 5.74) is -3.81. The lowest BCUT2D eigenvalue weighted by Gasteiger charge is -2.46. The number of benzene rings is 3. The second kappa shape index (κ2) is 12.1. The fraction of sp³-hybridized carbons (Fsp3) is 0.281. The molecule has 1 atom stereocenters. The van der Waals surface area contributed by atoms with Crippen molar-refractivity contribution in [3.63, 3.8) is 0 Å². The number of nitrogens with one attached hydrogen (secondary N) is 1. The zero-order valence-corrected chi connectivity index (χ0v) is 24.8. The van der Waals surface area contributed by atoms with E-state index in [1.807, 2.05) is 0 Å². The summed E-state index contributed by atoms with van der Waals surface area (Å²) in [6, 6.07) is 9.97. The molecule has 3 aromatic rings. The Kier molecular flexibility index (Phi) is 8.51. The molecule has 5 rings (SSSR count). The molecule has 14 heteroatoms. The van der Waals surface area contributed by atoms with E-state index in [1.165, 1.54) is 42.5 Å². The van der Waals surface area contributed by atoms with Crippen LogP contribution in [0.25, 0.3) is 11.1 Å². The molecule has 0 radical (unpaired) electrons. The highest BCUT2D eigenvalue weighted by Crippen LogP contribution is 2.44. The normalized spacial score (nSPS) is 18.4. The predicted molar refractivity (Wildman–Crippen MR) is 154 cm³/mol. The molecule has 0 aromatic heterocycles. The average Bonchev–Trinajstić information content (AvgIpc) is 3.43. The van der Waals surface area contributed by atoms with Crippen LogP contribution in [0.5, 0.6) is 5.75 Å². The average molecular weight is 646 g/mol. The van der Waals surface area contributed by atoms with Crippen molar-refractivity contribution in [3.05, 3.63) is 94.3 Å². The van der Waals surface area contributed by atoms with Gasteiger partial charge >= 0.3 is 12.1 Å². The van der Waals surface area contributed by atoms with Gasteiger partial charge in [0.1, 0.15) is 22.6 Å². The number of alkyl halides is 3. The molecule has 9 nitrogen and oxygen atoms in total. The Morgan fingerprint density at radius 3 is 2.43 bits per heavy atom. The van der Waals surface area contributed by atoms with E-state index in [1.54, 1.807) is 6.92 Å². The molecule has 3 aromatic carbocycles. The lowest BCUT2D eigenvalue weighted by Crippen LogP contribution is -2.60. The molecule has 1 saturated heterocycles. The summed E-state index contributed by atoms with van der Waals surface area (Å²) in [7, 11) is 2.31. The van der Waals surface area contributed by atoms with Gasteiger partial charge in [-0.15, -0.1) is 0 Å². The number of aliphatic hydroxyl groups is 1. The van der Waals surface area contributed by atoms with Gasteiger partial charge in [-0.3, -0.25) is 14.6 Å². The van der Waals surface area contributed by atoms with Gasteiger partial charge in [-0.25, -0.2) is 18.6 Å². The third-order valence-electron chi connectivity index (χ3n) is 8.18. The first-order chi connectivity index (χ1) is 21.7. The van der Waals surface area contributed by atoms with Crippen molar-refractivity contribution in [2.24, 2.45) is 0 Å². The predicted octanol–water partition coefficient (Wildman–Crippen LogP) is 6.01. The van der Waals surface area contributed by atoms with Gasteiger partial charge in [0.25, 0.3) is 11.8 Å². The van der Waals surface area contributed by atoms with Crippen molar-refractivity contribution in [1.29, 1.82) is 0 Å². The monoisotopic (exact) mass is 645 g/mol. The molecule has 242 valence electrons. The molecule has 2 N–H and O–H groups in total. The number of amides is 2. The van der Waals surface area contributed by atoms with Gasteiger partial charge in [-0.2, -0.15) is 13.2 Å². The van der Waals surface area contributed by atoms with Gasteiger partial charge in [-0.05, 0) is 50.1 Å². The lowest BCUT2D eigenvalue weighted by molar-refractivity contribution is -0.160. The summed E-state index contributed by atoms with van der Waals surface area (Å²) < 4.78 is 80.2. The molecule has 0 spiro atoms. The number of carbonyl (C=O) groups is 3. The van der Waals surface area contributed by atoms with Crippen LogP contribution in [-0.2, 0) is 27.0 Å². The number of carbonyl (C=O) groups excluding carboxylic acids is 3. The zero-order chi connectivity index (χ0) is 33.6. The van der Waals surface area contributed by atoms with Crippen LogP contribution in [-0.4, -0.2) is 59.2 Å². The topological polar surface area (TPSA) is 108 Å². The Morgan fingerprint density at radius 1 is 1.04 bits per heavy atom. The molecule has 2 aliphatic rings. The number of hydrazine groups is 1. The van der Waals surface area contributed by atoms with Crippen molar-refractivity contribution < 1.29 is 50.9 Å². The van der Waals surface area contributed by atoms with Gasteiger partial charge in [0.15, 0.2) is 11.6 Å². The summed E-state index contributed by atoms with van der Waals surface area (Å²) in [5.74, 6) is -6.06. The Morgan fingerprint density at radius 2 is 1.76 bits per heavy atom. The Balaban J connectivity index is 1.60. The summed E-state index contributed by atoms with van der Waals surface area (Å²) in [5, 5.41) is 16.3. The number of anilines is 1. The van der Waals surface area contributed by atoms with Crippen molar-refractivity contribution in [3.8, 4) is 16.9 Å². The van der Waals surface area contributed by atoms with Crippen LogP contribution in [0, 0.1) is 11.6 Å². The molecule has 0 bridgehead atoms. The number of hydrogen-bond donors (Lipinski definition) is 2. The maximum atomic E-state index is 14.6. The van der Waals surface area contributed by atoms with E-state index in [9.17, 15) is 41.4 Å². The van der Waals surface area contributed by atoms with Crippen LogP contribution >= 0.6 is 0 Å². The SMILES string of the molecule is COC(=O)c1cccc(-c2cc(C(F)(F)F)ccc2NC(=O)C2=C(O)[C@@]3(C)CCCN3N(Cc3cccc(F)c3F)C2=O)c1OC. The molecule has 2 aliphatic heterocycles. The second-order valence-corrected chi connectivity index (χ2v) is 10.9. The number of aliphatic hydroxyl groups excluding tert-OH is 1. The number of para-hydroxylation sites is 1. The smallest absolute Gasteiger partial charge is 0.416 e. The molecular formula is C32H28F5N3O6. The molecule has 1 fully saturated rings. The highest BCUT2D eigenvalue weighted by atomic mass is 19.4. The van der Waals surface area contributed by atoms with Gasteiger partial charge < -0.3 is 19.9 Å². The van der Waals surface area contributed by atoms with Gasteiger partial charge in [0.05, 0.1) is 31.9 Å². The van der Waals surface area contributed by atoms with E-state index >= 15 is 0 Å². The number of rotatable bonds is 7. The number of esters is 1. The summed E-state index contributed by atoms with van der Waals surface area (Å²) in [6.45, 7) is 1.37. The summed E-state index contributed by atoms with van der Waals surface area (Å²) in [4.78, 5) is 40.0. The first-order valence-electron chi connectivity index (χ1n) is 14.0. The van der Waals surface area contributed by atoms with E-state index in [0.717, 1.165) is 30.3 Å². The third-order valence-corrected chi connectivity index (χ3v) is 8.18. The number of fused-ring (bicyclic) bond motifs is 1. The standard InChI is InChI=1S/C32H28F5N3O6/c1-31-13-6-14-40(31)39(16-17-7-4-10-22(33)25(17)34)29(43)24(27(31)41)28(42)38-23-12-11-18(32(35,36)37)15-21(23)19-8-5-9-20(26(19)45-2)30(44)46-3/h4-5,7-12,15,41H,6,13-14,16H2,1-3H3,(H,38,42)/t31-/m1/s1. The first kappa shape index (κ1) is 32.4. The second-order valence-electron chi connectivity index (χ2n) is 10.9. The van der Waals surface area contributed by atoms with Crippen LogP contribution < -0.4 is 10.1 Å². The Hall–Kier alpha value is -4.98. The minimum Gasteiger partial charge on any atom is -0.509 e. The fourth-order valence-electron chi connectivity index (χ4n) is 5.86. The van der Waals surface area contributed by atoms with E-state index < -0.39 is 64.6 Å². The largest absolute Gasteiger partial charge is 0.509 e. The molecular weight excluding hydrogens is 617 g/mol. The third kappa shape index (κ3) is 5.53. The highest BCUT2D eigenvalue weighted by Gasteiger charge is 2.52. The van der Waals surface area contributed by atoms with E-state index in [-0.39, 0.29) is 40.2 Å². The van der Waals surface area contributed by atoms with Crippen molar-refractivity contribution in [2.75, 3.05) is 26.1 Å². The summed E-state index contributed by atoms with van der Waals surface area (Å²) in [6.07, 6.45) is -4.00. The summed E-state index contributed by atoms with van der Waals surface area (Å²) >= 11 is 0. The highest BCUT2D eigenvalue weighted by molar-refractivity contribution is 6.24. The van der Waals surface area contributed by atoms with E-state index in [4.69, 9.17) is 9.47 Å². The molecule has 2 heterocycles. The van der Waals surface area contributed by atoms with Gasteiger partial charge in [0.2, 0.25) is 0 Å². The number of halogens is 5. The number of ether oxygens (including phenoxy) is 2. The molecule has 0 unspecified atom stereocenters. The Bertz CT molecular complexity index is 1780. The molecule has 46 heavy (non-hydrogen) atoms. The van der Waals surface area contributed by atoms with Crippen LogP contribution in [0.3, 0.4) is 0 Å². The van der Waals surface area contributed by atoms with Crippen LogP contribution in [0.2, 0.25) is 0 Å². The number of hydrogen-bond acceptors (Lipinski definition) is 7. The minimum absolute atomic E-state index is 0.0166. The molecule has 0 saturated carbocycles. The Labute approximate surface area is 259 Å². The van der Waals surface area contributed by atoms with Gasteiger partial charge in [0, 0.05) is 28.9 Å². The maximum Gasteiger partial charge on any atom is 0.416 e. The first-order valence-corrected chi connectivity index (χ1v) is 14.0. The van der Waals surface area contributed by atoms with Crippen LogP contribution in [0.4, 0.5) is 27.6 Å². The quantitative estimate of drug-likeness (QED) is 0.184. The number of methoxy groups -OCH3 is 2. The number of nitrogens with zero attached hydrogens (tertiary/aromatic N) is 2. The van der Waals surface area contributed by atoms with Crippen molar-refractivity contribution >= 4 is 23.5 Å². The fourth-order valence-corrected chi connectivity index (χ4v) is 5.86. The van der Waals surface area contributed by atoms with Crippen LogP contribution in [0.15, 0.2) is 65.9 Å². The van der Waals surface area contributed by atoms with Crippen molar-refractivity contribution in [2.45, 2.75) is 38.0 Å². The van der Waals surface area contributed by atoms with Gasteiger partial charge in [-0.1, -0.05) is 24.3 Å². The van der Waals surface area contributed by atoms with Crippen molar-refractivity contribution in [1.82, 2.24) is 10.0 Å². The van der Waals surface area contributed by atoms with Crippen LogP contribution in [0.1, 0.15) is 41.3 Å². The van der Waals surface area contributed by atoms with E-state index in [2.05, 4.69) is 5.32 Å². The minimum atomic E-state index is -4.79. The lowest BCUT2D eigenvalue weighted by atomic mass is 9.90. The zero-order valence-electron chi connectivity index (χ0n) is 24.8. The maximum absolute atomic E-state index is 14.6. The molecule has 0 aliphatic carbocycles. The van der Waals surface area contributed by atoms with E-state index in [0.29, 0.717) is 18.9 Å². The molecule has 2 amide bonds.